The Morgan fingerprint density at radius 3 is 2.59 bits per heavy atom. The Morgan fingerprint density at radius 1 is 1.29 bits per heavy atom. The number of benzene rings is 1. The molecule has 0 aliphatic heterocycles. The highest BCUT2D eigenvalue weighted by Crippen LogP contribution is 2.13. The van der Waals surface area contributed by atoms with Crippen molar-refractivity contribution in [2.75, 3.05) is 19.6 Å². The summed E-state index contributed by atoms with van der Waals surface area (Å²) >= 11 is 0. The van der Waals surface area contributed by atoms with Gasteiger partial charge in [0.05, 0.1) is 0 Å². The maximum atomic E-state index is 9.37. The van der Waals surface area contributed by atoms with Crippen molar-refractivity contribution in [2.24, 2.45) is 5.73 Å². The Labute approximate surface area is 104 Å². The first kappa shape index (κ1) is 14.0. The first-order valence-corrected chi connectivity index (χ1v) is 6.41. The molecule has 0 bridgehead atoms. The normalized spacial score (nSPS) is 12.9. The summed E-state index contributed by atoms with van der Waals surface area (Å²) in [6.07, 6.45) is 1.83. The van der Waals surface area contributed by atoms with Gasteiger partial charge in [0.25, 0.3) is 0 Å². The molecule has 0 radical (unpaired) electrons. The van der Waals surface area contributed by atoms with Gasteiger partial charge in [0, 0.05) is 6.04 Å². The summed E-state index contributed by atoms with van der Waals surface area (Å²) in [5.74, 6) is 0.318. The minimum Gasteiger partial charge on any atom is -0.508 e. The summed E-state index contributed by atoms with van der Waals surface area (Å²) in [6, 6.07) is 7.51. The van der Waals surface area contributed by atoms with Crippen molar-refractivity contribution in [3.8, 4) is 5.75 Å². The quantitative estimate of drug-likeness (QED) is 0.761. The molecule has 0 aliphatic carbocycles. The van der Waals surface area contributed by atoms with Crippen LogP contribution in [0, 0.1) is 0 Å². The van der Waals surface area contributed by atoms with Gasteiger partial charge in [0.2, 0.25) is 0 Å². The van der Waals surface area contributed by atoms with Gasteiger partial charge in [0.15, 0.2) is 0 Å². The average Bonchev–Trinajstić information content (AvgIpc) is 2.30. The summed E-state index contributed by atoms with van der Waals surface area (Å²) in [5, 5.41) is 9.37. The van der Waals surface area contributed by atoms with Gasteiger partial charge < -0.3 is 15.7 Å². The Kier molecular flexibility index (Phi) is 6.01. The molecular formula is C14H24N2O. The molecule has 0 aliphatic rings. The van der Waals surface area contributed by atoms with Crippen molar-refractivity contribution in [1.82, 2.24) is 4.90 Å². The van der Waals surface area contributed by atoms with E-state index in [4.69, 9.17) is 5.73 Å². The zero-order chi connectivity index (χ0) is 12.7. The number of phenols is 1. The highest BCUT2D eigenvalue weighted by Gasteiger charge is 2.07. The number of nitrogens with two attached hydrogens (primary N) is 1. The second-order valence-corrected chi connectivity index (χ2v) is 4.45. The molecule has 0 heterocycles. The van der Waals surface area contributed by atoms with Crippen LogP contribution >= 0.6 is 0 Å². The molecule has 1 aromatic rings. The fraction of sp³-hybridized carbons (Fsp3) is 0.571. The molecule has 3 heteroatoms. The molecule has 1 aromatic carbocycles. The Hall–Kier alpha value is -1.06. The van der Waals surface area contributed by atoms with E-state index in [9.17, 15) is 5.11 Å². The molecule has 0 aromatic heterocycles. The smallest absolute Gasteiger partial charge is 0.115 e. The Bertz CT molecular complexity index is 324. The summed E-state index contributed by atoms with van der Waals surface area (Å²) in [7, 11) is 0. The van der Waals surface area contributed by atoms with Gasteiger partial charge in [0.1, 0.15) is 5.75 Å². The number of rotatable bonds is 7. The third-order valence-electron chi connectivity index (χ3n) is 3.12. The lowest BCUT2D eigenvalue weighted by molar-refractivity contribution is 0.290. The van der Waals surface area contributed by atoms with Gasteiger partial charge in [-0.15, -0.1) is 0 Å². The fourth-order valence-corrected chi connectivity index (χ4v) is 1.98. The lowest BCUT2D eigenvalue weighted by atomic mass is 10.0. The zero-order valence-corrected chi connectivity index (χ0v) is 10.9. The molecular weight excluding hydrogens is 212 g/mol. The standard InChI is InChI=1S/C14H24N2O/c1-3-16(4-2)9-8-13(15)10-12-6-5-7-14(17)11-12/h5-7,11,13,17H,3-4,8-10,15H2,1-2H3. The van der Waals surface area contributed by atoms with E-state index in [1.807, 2.05) is 12.1 Å². The molecule has 0 saturated heterocycles. The molecule has 17 heavy (non-hydrogen) atoms. The molecule has 0 spiro atoms. The summed E-state index contributed by atoms with van der Waals surface area (Å²) in [4.78, 5) is 2.38. The van der Waals surface area contributed by atoms with Crippen molar-refractivity contribution in [3.05, 3.63) is 29.8 Å². The van der Waals surface area contributed by atoms with Crippen molar-refractivity contribution < 1.29 is 5.11 Å². The van der Waals surface area contributed by atoms with E-state index < -0.39 is 0 Å². The van der Waals surface area contributed by atoms with E-state index in [2.05, 4.69) is 18.7 Å². The zero-order valence-electron chi connectivity index (χ0n) is 10.9. The third-order valence-corrected chi connectivity index (χ3v) is 3.12. The van der Waals surface area contributed by atoms with E-state index in [1.54, 1.807) is 12.1 Å². The highest BCUT2D eigenvalue weighted by atomic mass is 16.3. The minimum absolute atomic E-state index is 0.164. The maximum absolute atomic E-state index is 9.37. The van der Waals surface area contributed by atoms with Gasteiger partial charge in [-0.05, 0) is 50.2 Å². The third kappa shape index (κ3) is 5.20. The van der Waals surface area contributed by atoms with Crippen molar-refractivity contribution in [1.29, 1.82) is 0 Å². The lowest BCUT2D eigenvalue weighted by Gasteiger charge is -2.20. The van der Waals surface area contributed by atoms with Crippen molar-refractivity contribution in [3.63, 3.8) is 0 Å². The van der Waals surface area contributed by atoms with Gasteiger partial charge in [-0.2, -0.15) is 0 Å². The molecule has 3 nitrogen and oxygen atoms in total. The SMILES string of the molecule is CCN(CC)CCC(N)Cc1cccc(O)c1. The van der Waals surface area contributed by atoms with Crippen LogP contribution in [0.5, 0.6) is 5.75 Å². The van der Waals surface area contributed by atoms with Crippen LogP contribution in [0.4, 0.5) is 0 Å². The van der Waals surface area contributed by atoms with E-state index in [0.29, 0.717) is 5.75 Å². The van der Waals surface area contributed by atoms with Crippen LogP contribution in [0.15, 0.2) is 24.3 Å². The summed E-state index contributed by atoms with van der Waals surface area (Å²) < 4.78 is 0. The van der Waals surface area contributed by atoms with Crippen LogP contribution in [0.3, 0.4) is 0 Å². The highest BCUT2D eigenvalue weighted by molar-refractivity contribution is 5.27. The van der Waals surface area contributed by atoms with E-state index in [-0.39, 0.29) is 6.04 Å². The van der Waals surface area contributed by atoms with Crippen LogP contribution in [0.25, 0.3) is 0 Å². The number of nitrogens with zero attached hydrogens (tertiary/aromatic N) is 1. The molecule has 0 amide bonds. The van der Waals surface area contributed by atoms with Gasteiger partial charge >= 0.3 is 0 Å². The van der Waals surface area contributed by atoms with Crippen LogP contribution in [-0.2, 0) is 6.42 Å². The molecule has 3 N–H and O–H groups in total. The topological polar surface area (TPSA) is 49.5 Å². The van der Waals surface area contributed by atoms with Gasteiger partial charge in [-0.1, -0.05) is 26.0 Å². The van der Waals surface area contributed by atoms with Crippen molar-refractivity contribution in [2.45, 2.75) is 32.7 Å². The number of aromatic hydroxyl groups is 1. The van der Waals surface area contributed by atoms with E-state index in [0.717, 1.165) is 38.0 Å². The molecule has 96 valence electrons. The first-order chi connectivity index (χ1) is 8.15. The Morgan fingerprint density at radius 2 is 2.00 bits per heavy atom. The minimum atomic E-state index is 0.164. The number of hydrogen-bond donors (Lipinski definition) is 2. The molecule has 1 rings (SSSR count). The second-order valence-electron chi connectivity index (χ2n) is 4.45. The predicted octanol–water partition coefficient (Wildman–Crippen LogP) is 1.99. The summed E-state index contributed by atoms with van der Waals surface area (Å²) in [5.41, 5.74) is 7.21. The van der Waals surface area contributed by atoms with E-state index in [1.165, 1.54) is 0 Å². The number of phenolic OH excluding ortho intramolecular Hbond substituents is 1. The van der Waals surface area contributed by atoms with Crippen molar-refractivity contribution >= 4 is 0 Å². The van der Waals surface area contributed by atoms with Gasteiger partial charge in [-0.3, -0.25) is 0 Å². The first-order valence-electron chi connectivity index (χ1n) is 6.41. The maximum Gasteiger partial charge on any atom is 0.115 e. The van der Waals surface area contributed by atoms with E-state index >= 15 is 0 Å². The van der Waals surface area contributed by atoms with Crippen LogP contribution in [0.1, 0.15) is 25.8 Å². The summed E-state index contributed by atoms with van der Waals surface area (Å²) in [6.45, 7) is 7.55. The largest absolute Gasteiger partial charge is 0.508 e. The van der Waals surface area contributed by atoms with Crippen LogP contribution in [0.2, 0.25) is 0 Å². The molecule has 1 atom stereocenters. The number of hydrogen-bond acceptors (Lipinski definition) is 3. The monoisotopic (exact) mass is 236 g/mol. The molecule has 0 fully saturated rings. The van der Waals surface area contributed by atoms with Crippen LogP contribution < -0.4 is 5.73 Å². The average molecular weight is 236 g/mol. The fourth-order valence-electron chi connectivity index (χ4n) is 1.98. The molecule has 0 saturated carbocycles. The predicted molar refractivity (Wildman–Crippen MR) is 72.2 cm³/mol. The second kappa shape index (κ2) is 7.30. The lowest BCUT2D eigenvalue weighted by Crippen LogP contribution is -2.31. The van der Waals surface area contributed by atoms with Gasteiger partial charge in [-0.25, -0.2) is 0 Å². The molecule has 1 unspecified atom stereocenters. The van der Waals surface area contributed by atoms with Crippen LogP contribution in [-0.4, -0.2) is 35.7 Å². The Balaban J connectivity index is 2.36.